The maximum absolute atomic E-state index is 11.6. The number of Topliss-reactive ketones (excluding diaryl/α,β-unsaturated/α-hetero) is 2. The molecule has 1 aliphatic rings. The van der Waals surface area contributed by atoms with Gasteiger partial charge >= 0.3 is 5.97 Å². The normalized spacial score (nSPS) is 17.4. The summed E-state index contributed by atoms with van der Waals surface area (Å²) in [5.74, 6) is -1.05. The van der Waals surface area contributed by atoms with Crippen LogP contribution in [0.3, 0.4) is 0 Å². The van der Waals surface area contributed by atoms with E-state index in [1.54, 1.807) is 0 Å². The van der Waals surface area contributed by atoms with E-state index in [1.807, 2.05) is 13.8 Å². The van der Waals surface area contributed by atoms with Crippen LogP contribution in [-0.2, 0) is 19.1 Å². The standard InChI is InChI=1S/C12H16ClNO4/c1-6(2)4-7(12(17)18-3)14-11-9(16)5-8(15)10(11)13/h6-7,14H,4-5H2,1-3H3/t7-/m1/s1. The number of rotatable bonds is 5. The predicted octanol–water partition coefficient (Wildman–Crippen LogP) is 1.16. The third-order valence-electron chi connectivity index (χ3n) is 2.58. The number of carbonyl (C=O) groups is 3. The summed E-state index contributed by atoms with van der Waals surface area (Å²) in [7, 11) is 1.27. The van der Waals surface area contributed by atoms with Crippen molar-refractivity contribution in [3.05, 3.63) is 10.7 Å². The van der Waals surface area contributed by atoms with Gasteiger partial charge in [0.1, 0.15) is 16.8 Å². The summed E-state index contributed by atoms with van der Waals surface area (Å²) in [4.78, 5) is 34.4. The number of ether oxygens (including phenoxy) is 1. The summed E-state index contributed by atoms with van der Waals surface area (Å²) in [6, 6.07) is -0.673. The van der Waals surface area contributed by atoms with Gasteiger partial charge in [0.25, 0.3) is 0 Å². The van der Waals surface area contributed by atoms with Gasteiger partial charge in [-0.05, 0) is 12.3 Å². The lowest BCUT2D eigenvalue weighted by atomic mass is 10.0. The fourth-order valence-electron chi connectivity index (χ4n) is 1.72. The topological polar surface area (TPSA) is 72.5 Å². The summed E-state index contributed by atoms with van der Waals surface area (Å²) in [6.07, 6.45) is 0.249. The number of halogens is 1. The molecule has 0 fully saturated rings. The Bertz CT molecular complexity index is 414. The van der Waals surface area contributed by atoms with E-state index in [-0.39, 0.29) is 28.9 Å². The molecular formula is C12H16ClNO4. The van der Waals surface area contributed by atoms with Crippen LogP contribution >= 0.6 is 11.6 Å². The van der Waals surface area contributed by atoms with Crippen LogP contribution < -0.4 is 5.32 Å². The van der Waals surface area contributed by atoms with Gasteiger partial charge < -0.3 is 10.1 Å². The lowest BCUT2D eigenvalue weighted by molar-refractivity contribution is -0.143. The molecule has 1 atom stereocenters. The molecule has 100 valence electrons. The third-order valence-corrected chi connectivity index (χ3v) is 2.98. The first-order chi connectivity index (χ1) is 8.36. The Kier molecular flexibility index (Phi) is 4.90. The number of hydrogen-bond donors (Lipinski definition) is 1. The molecule has 0 amide bonds. The second-order valence-corrected chi connectivity index (χ2v) is 4.94. The van der Waals surface area contributed by atoms with Crippen LogP contribution in [0.15, 0.2) is 10.7 Å². The van der Waals surface area contributed by atoms with Crippen LogP contribution in [0.1, 0.15) is 26.7 Å². The van der Waals surface area contributed by atoms with Crippen molar-refractivity contribution < 1.29 is 19.1 Å². The zero-order valence-electron chi connectivity index (χ0n) is 10.6. The number of carbonyl (C=O) groups excluding carboxylic acids is 3. The Hall–Kier alpha value is -1.36. The van der Waals surface area contributed by atoms with E-state index in [0.717, 1.165) is 0 Å². The number of allylic oxidation sites excluding steroid dienone is 2. The van der Waals surface area contributed by atoms with Crippen molar-refractivity contribution in [2.75, 3.05) is 7.11 Å². The molecule has 0 aromatic heterocycles. The quantitative estimate of drug-likeness (QED) is 0.601. The van der Waals surface area contributed by atoms with Crippen molar-refractivity contribution in [2.45, 2.75) is 32.7 Å². The van der Waals surface area contributed by atoms with E-state index in [4.69, 9.17) is 11.6 Å². The molecule has 0 saturated carbocycles. The van der Waals surface area contributed by atoms with Crippen LogP contribution in [0.5, 0.6) is 0 Å². The number of hydrogen-bond acceptors (Lipinski definition) is 5. The number of methoxy groups -OCH3 is 1. The molecule has 5 nitrogen and oxygen atoms in total. The van der Waals surface area contributed by atoms with Crippen LogP contribution in [0.2, 0.25) is 0 Å². The highest BCUT2D eigenvalue weighted by atomic mass is 35.5. The van der Waals surface area contributed by atoms with E-state index < -0.39 is 17.8 Å². The van der Waals surface area contributed by atoms with Crippen molar-refractivity contribution in [1.29, 1.82) is 0 Å². The molecule has 0 radical (unpaired) electrons. The number of esters is 1. The minimum absolute atomic E-state index is 0.0257. The lowest BCUT2D eigenvalue weighted by Gasteiger charge is -2.19. The highest BCUT2D eigenvalue weighted by Crippen LogP contribution is 2.22. The Balaban J connectivity index is 2.87. The SMILES string of the molecule is COC(=O)[C@@H](CC(C)C)NC1=C(Cl)C(=O)CC1=O. The fraction of sp³-hybridized carbons (Fsp3) is 0.583. The molecule has 18 heavy (non-hydrogen) atoms. The first kappa shape index (κ1) is 14.7. The lowest BCUT2D eigenvalue weighted by Crippen LogP contribution is -2.39. The summed E-state index contributed by atoms with van der Waals surface area (Å²) in [6.45, 7) is 3.88. The second-order valence-electron chi connectivity index (χ2n) is 4.56. The zero-order chi connectivity index (χ0) is 13.9. The van der Waals surface area contributed by atoms with Crippen LogP contribution in [0, 0.1) is 5.92 Å². The van der Waals surface area contributed by atoms with E-state index in [1.165, 1.54) is 7.11 Å². The summed E-state index contributed by atoms with van der Waals surface area (Å²) in [5.41, 5.74) is 0.0257. The Morgan fingerprint density at radius 2 is 2.00 bits per heavy atom. The van der Waals surface area contributed by atoms with Gasteiger partial charge in [-0.1, -0.05) is 25.4 Å². The molecular weight excluding hydrogens is 258 g/mol. The van der Waals surface area contributed by atoms with E-state index in [0.29, 0.717) is 6.42 Å². The zero-order valence-corrected chi connectivity index (χ0v) is 11.3. The molecule has 0 heterocycles. The average molecular weight is 274 g/mol. The van der Waals surface area contributed by atoms with Gasteiger partial charge in [-0.25, -0.2) is 4.79 Å². The second kappa shape index (κ2) is 6.00. The summed E-state index contributed by atoms with van der Waals surface area (Å²) in [5, 5.41) is 2.60. The van der Waals surface area contributed by atoms with Gasteiger partial charge in [0.15, 0.2) is 11.6 Å². The van der Waals surface area contributed by atoms with Crippen LogP contribution in [0.25, 0.3) is 0 Å². The van der Waals surface area contributed by atoms with Crippen molar-refractivity contribution in [3.8, 4) is 0 Å². The average Bonchev–Trinajstić information content (AvgIpc) is 2.53. The molecule has 0 bridgehead atoms. The molecule has 6 heteroatoms. The number of ketones is 2. The molecule has 1 N–H and O–H groups in total. The molecule has 0 saturated heterocycles. The summed E-state index contributed by atoms with van der Waals surface area (Å²) < 4.78 is 4.66. The summed E-state index contributed by atoms with van der Waals surface area (Å²) >= 11 is 5.75. The molecule has 0 aromatic carbocycles. The van der Waals surface area contributed by atoms with E-state index in [2.05, 4.69) is 10.1 Å². The first-order valence-corrected chi connectivity index (χ1v) is 6.05. The van der Waals surface area contributed by atoms with Gasteiger partial charge in [-0.3, -0.25) is 9.59 Å². The van der Waals surface area contributed by atoms with E-state index in [9.17, 15) is 14.4 Å². The van der Waals surface area contributed by atoms with Gasteiger partial charge in [0.05, 0.1) is 13.5 Å². The maximum atomic E-state index is 11.6. The third kappa shape index (κ3) is 3.32. The van der Waals surface area contributed by atoms with Gasteiger partial charge in [0, 0.05) is 0 Å². The predicted molar refractivity (Wildman–Crippen MR) is 65.9 cm³/mol. The minimum atomic E-state index is -0.673. The minimum Gasteiger partial charge on any atom is -0.467 e. The van der Waals surface area contributed by atoms with Crippen molar-refractivity contribution in [1.82, 2.24) is 5.32 Å². The van der Waals surface area contributed by atoms with Crippen molar-refractivity contribution >= 4 is 29.1 Å². The van der Waals surface area contributed by atoms with Crippen LogP contribution in [0.4, 0.5) is 0 Å². The molecule has 0 aromatic rings. The van der Waals surface area contributed by atoms with Gasteiger partial charge in [-0.15, -0.1) is 0 Å². The molecule has 1 aliphatic carbocycles. The van der Waals surface area contributed by atoms with Crippen molar-refractivity contribution in [3.63, 3.8) is 0 Å². The highest BCUT2D eigenvalue weighted by molar-refractivity contribution is 6.48. The number of nitrogens with one attached hydrogen (secondary N) is 1. The van der Waals surface area contributed by atoms with E-state index >= 15 is 0 Å². The Morgan fingerprint density at radius 1 is 1.39 bits per heavy atom. The Morgan fingerprint density at radius 3 is 2.39 bits per heavy atom. The van der Waals surface area contributed by atoms with Gasteiger partial charge in [0.2, 0.25) is 0 Å². The highest BCUT2D eigenvalue weighted by Gasteiger charge is 2.32. The fourth-order valence-corrected chi connectivity index (χ4v) is 1.95. The maximum Gasteiger partial charge on any atom is 0.328 e. The molecule has 0 aliphatic heterocycles. The Labute approximate surface area is 111 Å². The largest absolute Gasteiger partial charge is 0.467 e. The molecule has 0 unspecified atom stereocenters. The van der Waals surface area contributed by atoms with Gasteiger partial charge in [-0.2, -0.15) is 0 Å². The smallest absolute Gasteiger partial charge is 0.328 e. The first-order valence-electron chi connectivity index (χ1n) is 5.67. The molecule has 0 spiro atoms. The van der Waals surface area contributed by atoms with Crippen molar-refractivity contribution in [2.24, 2.45) is 5.92 Å². The molecule has 1 rings (SSSR count). The monoisotopic (exact) mass is 273 g/mol. The van der Waals surface area contributed by atoms with Crippen LogP contribution in [-0.4, -0.2) is 30.7 Å².